The molecule has 1 aliphatic rings. The van der Waals surface area contributed by atoms with Crippen molar-refractivity contribution in [2.75, 3.05) is 13.1 Å². The third-order valence-electron chi connectivity index (χ3n) is 1.02. The van der Waals surface area contributed by atoms with Crippen LogP contribution in [0.2, 0.25) is 0 Å². The minimum Gasteiger partial charge on any atom is -0.325 e. The van der Waals surface area contributed by atoms with E-state index in [-0.39, 0.29) is 0 Å². The van der Waals surface area contributed by atoms with Gasteiger partial charge in [0.15, 0.2) is 0 Å². The van der Waals surface area contributed by atoms with E-state index >= 15 is 0 Å². The fourth-order valence-corrected chi connectivity index (χ4v) is 1.02. The lowest BCUT2D eigenvalue weighted by atomic mass is 10.4. The van der Waals surface area contributed by atoms with E-state index in [1.54, 1.807) is 0 Å². The standard InChI is InChI=1S/C5H7BrN2/c6-4-1-2-8-5(4)3-7/h1H,2-3,7H2. The number of hydrogen-bond acceptors (Lipinski definition) is 2. The van der Waals surface area contributed by atoms with Gasteiger partial charge in [0.2, 0.25) is 0 Å². The Hall–Kier alpha value is -0.150. The van der Waals surface area contributed by atoms with Crippen molar-refractivity contribution in [3.63, 3.8) is 0 Å². The predicted octanol–water partition coefficient (Wildman–Crippen LogP) is 0.679. The van der Waals surface area contributed by atoms with Crippen LogP contribution in [0.15, 0.2) is 15.6 Å². The van der Waals surface area contributed by atoms with Gasteiger partial charge in [0.25, 0.3) is 0 Å². The monoisotopic (exact) mass is 174 g/mol. The molecule has 0 saturated heterocycles. The Morgan fingerprint density at radius 3 is 2.88 bits per heavy atom. The van der Waals surface area contributed by atoms with E-state index in [2.05, 4.69) is 20.9 Å². The molecule has 2 N–H and O–H groups in total. The fraction of sp³-hybridized carbons (Fsp3) is 0.400. The fourth-order valence-electron chi connectivity index (χ4n) is 0.591. The molecule has 2 nitrogen and oxygen atoms in total. The SMILES string of the molecule is NCC1=NCC=C1Br. The summed E-state index contributed by atoms with van der Waals surface area (Å²) in [5.41, 5.74) is 6.30. The van der Waals surface area contributed by atoms with Gasteiger partial charge in [0.1, 0.15) is 0 Å². The smallest absolute Gasteiger partial charge is 0.0627 e. The van der Waals surface area contributed by atoms with Crippen LogP contribution in [0.25, 0.3) is 0 Å². The molecule has 0 fully saturated rings. The van der Waals surface area contributed by atoms with Crippen LogP contribution in [0, 0.1) is 0 Å². The van der Waals surface area contributed by atoms with Gasteiger partial charge in [-0.15, -0.1) is 0 Å². The van der Waals surface area contributed by atoms with Gasteiger partial charge in [-0.1, -0.05) is 0 Å². The highest BCUT2D eigenvalue weighted by atomic mass is 79.9. The van der Waals surface area contributed by atoms with Crippen molar-refractivity contribution in [3.8, 4) is 0 Å². The lowest BCUT2D eigenvalue weighted by Crippen LogP contribution is -2.11. The zero-order valence-electron chi connectivity index (χ0n) is 4.39. The van der Waals surface area contributed by atoms with E-state index in [1.807, 2.05) is 6.08 Å². The maximum Gasteiger partial charge on any atom is 0.0627 e. The number of halogens is 1. The number of nitrogens with zero attached hydrogens (tertiary/aromatic N) is 1. The summed E-state index contributed by atoms with van der Waals surface area (Å²) in [5.74, 6) is 0. The summed E-state index contributed by atoms with van der Waals surface area (Å²) in [6, 6.07) is 0. The summed E-state index contributed by atoms with van der Waals surface area (Å²) in [6.45, 7) is 1.32. The van der Waals surface area contributed by atoms with Gasteiger partial charge >= 0.3 is 0 Å². The maximum atomic E-state index is 5.32. The number of nitrogens with two attached hydrogens (primary N) is 1. The van der Waals surface area contributed by atoms with Gasteiger partial charge in [-0.05, 0) is 22.0 Å². The molecule has 0 aromatic heterocycles. The average molecular weight is 175 g/mol. The second kappa shape index (κ2) is 2.42. The first kappa shape index (κ1) is 5.98. The highest BCUT2D eigenvalue weighted by Gasteiger charge is 2.04. The average Bonchev–Trinajstić information content (AvgIpc) is 2.14. The van der Waals surface area contributed by atoms with E-state index in [1.165, 1.54) is 0 Å². The molecule has 1 rings (SSSR count). The molecule has 1 heterocycles. The first-order valence-corrected chi connectivity index (χ1v) is 3.23. The molecule has 0 aromatic carbocycles. The zero-order valence-corrected chi connectivity index (χ0v) is 5.98. The second-order valence-corrected chi connectivity index (χ2v) is 2.40. The molecule has 0 unspecified atom stereocenters. The lowest BCUT2D eigenvalue weighted by molar-refractivity contribution is 1.24. The molecular formula is C5H7BrN2. The van der Waals surface area contributed by atoms with Crippen LogP contribution >= 0.6 is 15.9 Å². The summed E-state index contributed by atoms with van der Waals surface area (Å²) in [7, 11) is 0. The summed E-state index contributed by atoms with van der Waals surface area (Å²) in [4.78, 5) is 4.09. The maximum absolute atomic E-state index is 5.32. The summed E-state index contributed by atoms with van der Waals surface area (Å²) >= 11 is 3.32. The van der Waals surface area contributed by atoms with E-state index in [0.717, 1.165) is 16.7 Å². The van der Waals surface area contributed by atoms with Crippen molar-refractivity contribution in [2.45, 2.75) is 0 Å². The first-order valence-electron chi connectivity index (χ1n) is 2.44. The number of hydrogen-bond donors (Lipinski definition) is 1. The number of rotatable bonds is 1. The van der Waals surface area contributed by atoms with E-state index < -0.39 is 0 Å². The van der Waals surface area contributed by atoms with Crippen LogP contribution in [-0.2, 0) is 0 Å². The molecule has 0 aliphatic carbocycles. The molecule has 3 heteroatoms. The molecule has 0 radical (unpaired) electrons. The van der Waals surface area contributed by atoms with Crippen LogP contribution < -0.4 is 5.73 Å². The van der Waals surface area contributed by atoms with E-state index in [0.29, 0.717) is 6.54 Å². The lowest BCUT2D eigenvalue weighted by Gasteiger charge is -1.90. The summed E-state index contributed by atoms with van der Waals surface area (Å²) < 4.78 is 1.06. The third kappa shape index (κ3) is 0.980. The van der Waals surface area contributed by atoms with Gasteiger partial charge in [0, 0.05) is 11.0 Å². The molecule has 0 bridgehead atoms. The minimum absolute atomic E-state index is 0.539. The van der Waals surface area contributed by atoms with Crippen molar-refractivity contribution in [1.82, 2.24) is 0 Å². The highest BCUT2D eigenvalue weighted by Crippen LogP contribution is 2.11. The molecule has 0 aromatic rings. The van der Waals surface area contributed by atoms with E-state index in [4.69, 9.17) is 5.73 Å². The van der Waals surface area contributed by atoms with Crippen LogP contribution in [0.3, 0.4) is 0 Å². The molecule has 1 aliphatic heterocycles. The molecular weight excluding hydrogens is 168 g/mol. The Kier molecular flexibility index (Phi) is 1.81. The van der Waals surface area contributed by atoms with Crippen molar-refractivity contribution < 1.29 is 0 Å². The Bertz CT molecular complexity index is 149. The van der Waals surface area contributed by atoms with Crippen molar-refractivity contribution in [3.05, 3.63) is 10.6 Å². The highest BCUT2D eigenvalue weighted by molar-refractivity contribution is 9.12. The molecule has 0 spiro atoms. The minimum atomic E-state index is 0.539. The topological polar surface area (TPSA) is 38.4 Å². The first-order chi connectivity index (χ1) is 3.84. The molecule has 8 heavy (non-hydrogen) atoms. The Labute approximate surface area is 56.6 Å². The van der Waals surface area contributed by atoms with Crippen LogP contribution in [0.4, 0.5) is 0 Å². The molecule has 0 saturated carbocycles. The quantitative estimate of drug-likeness (QED) is 0.625. The van der Waals surface area contributed by atoms with Crippen LogP contribution in [-0.4, -0.2) is 18.8 Å². The van der Waals surface area contributed by atoms with Gasteiger partial charge in [0.05, 0.1) is 12.3 Å². The van der Waals surface area contributed by atoms with Crippen LogP contribution in [0.1, 0.15) is 0 Å². The normalized spacial score (nSPS) is 18.2. The Balaban J connectivity index is 2.66. The van der Waals surface area contributed by atoms with Crippen molar-refractivity contribution in [2.24, 2.45) is 10.7 Å². The van der Waals surface area contributed by atoms with Crippen molar-refractivity contribution in [1.29, 1.82) is 0 Å². The van der Waals surface area contributed by atoms with Crippen molar-refractivity contribution >= 4 is 21.6 Å². The second-order valence-electron chi connectivity index (χ2n) is 1.54. The van der Waals surface area contributed by atoms with Gasteiger partial charge in [-0.2, -0.15) is 0 Å². The number of aliphatic imine (C=N–C) groups is 1. The Morgan fingerprint density at radius 2 is 2.62 bits per heavy atom. The molecule has 0 atom stereocenters. The summed E-state index contributed by atoms with van der Waals surface area (Å²) in [6.07, 6.45) is 2.00. The summed E-state index contributed by atoms with van der Waals surface area (Å²) in [5, 5.41) is 0. The predicted molar refractivity (Wildman–Crippen MR) is 38.4 cm³/mol. The van der Waals surface area contributed by atoms with Gasteiger partial charge in [-0.3, -0.25) is 4.99 Å². The van der Waals surface area contributed by atoms with Crippen LogP contribution in [0.5, 0.6) is 0 Å². The van der Waals surface area contributed by atoms with Gasteiger partial charge < -0.3 is 5.73 Å². The Morgan fingerprint density at radius 1 is 1.88 bits per heavy atom. The zero-order chi connectivity index (χ0) is 5.98. The largest absolute Gasteiger partial charge is 0.325 e. The van der Waals surface area contributed by atoms with Gasteiger partial charge in [-0.25, -0.2) is 0 Å². The van der Waals surface area contributed by atoms with E-state index in [9.17, 15) is 0 Å². The molecule has 0 amide bonds. The third-order valence-corrected chi connectivity index (χ3v) is 1.80. The molecule has 44 valence electrons.